The molecule has 42 heavy (non-hydrogen) atoms. The van der Waals surface area contributed by atoms with Gasteiger partial charge in [-0.1, -0.05) is 127 Å². The number of benzene rings is 4. The number of ether oxygens (including phenoxy) is 5. The van der Waals surface area contributed by atoms with Gasteiger partial charge >= 0.3 is 0 Å². The van der Waals surface area contributed by atoms with Crippen molar-refractivity contribution in [1.82, 2.24) is 0 Å². The van der Waals surface area contributed by atoms with E-state index in [0.29, 0.717) is 26.4 Å². The summed E-state index contributed by atoms with van der Waals surface area (Å²) in [6.07, 6.45) is -1.65. The summed E-state index contributed by atoms with van der Waals surface area (Å²) < 4.78 is 32.9. The first-order chi connectivity index (χ1) is 20.8. The third-order valence-corrected chi connectivity index (χ3v) is 8.48. The van der Waals surface area contributed by atoms with E-state index in [2.05, 4.69) is 54.3 Å². The van der Waals surface area contributed by atoms with Gasteiger partial charge in [0.05, 0.1) is 26.4 Å². The lowest BCUT2D eigenvalue weighted by Crippen LogP contribution is -2.60. The van der Waals surface area contributed by atoms with E-state index >= 15 is 0 Å². The predicted octanol–water partition coefficient (Wildman–Crippen LogP) is 6.64. The second-order valence-electron chi connectivity index (χ2n) is 10.3. The maximum Gasteiger partial charge on any atom is 0.137 e. The zero-order valence-electron chi connectivity index (χ0n) is 23.3. The lowest BCUT2D eigenvalue weighted by Gasteiger charge is -2.45. The van der Waals surface area contributed by atoms with Crippen molar-refractivity contribution in [2.45, 2.75) is 54.6 Å². The molecule has 5 atom stereocenters. The summed E-state index contributed by atoms with van der Waals surface area (Å²) in [5.74, 6) is 6.45. The molecule has 4 aromatic rings. The molecule has 214 valence electrons. The van der Waals surface area contributed by atoms with Gasteiger partial charge in [-0.2, -0.15) is 0 Å². The zero-order chi connectivity index (χ0) is 28.4. The predicted molar refractivity (Wildman–Crippen MR) is 164 cm³/mol. The minimum atomic E-state index is -0.435. The third-order valence-electron chi connectivity index (χ3n) is 7.26. The Morgan fingerprint density at radius 1 is 0.667 bits per heavy atom. The molecule has 6 rings (SSSR count). The van der Waals surface area contributed by atoms with Crippen LogP contribution >= 0.6 is 11.8 Å². The molecule has 0 aliphatic carbocycles. The Morgan fingerprint density at radius 3 is 1.90 bits per heavy atom. The molecular weight excluding hydrogens is 544 g/mol. The van der Waals surface area contributed by atoms with Gasteiger partial charge < -0.3 is 23.7 Å². The summed E-state index contributed by atoms with van der Waals surface area (Å²) >= 11 is 1.62. The number of thioether (sulfide) groups is 1. The van der Waals surface area contributed by atoms with Gasteiger partial charge in [-0.05, 0) is 28.8 Å². The Balaban J connectivity index is 1.29. The maximum absolute atomic E-state index is 6.81. The molecule has 1 saturated heterocycles. The summed E-state index contributed by atoms with van der Waals surface area (Å²) in [6.45, 7) is 1.94. The maximum atomic E-state index is 6.81. The third kappa shape index (κ3) is 7.50. The van der Waals surface area contributed by atoms with Gasteiger partial charge in [-0.15, -0.1) is 0 Å². The highest BCUT2D eigenvalue weighted by Crippen LogP contribution is 2.39. The van der Waals surface area contributed by atoms with Crippen molar-refractivity contribution in [3.8, 4) is 11.8 Å². The van der Waals surface area contributed by atoms with Crippen molar-refractivity contribution >= 4 is 11.8 Å². The highest BCUT2D eigenvalue weighted by molar-refractivity contribution is 7.99. The van der Waals surface area contributed by atoms with E-state index in [4.69, 9.17) is 23.7 Å². The Labute approximate surface area is 252 Å². The highest BCUT2D eigenvalue weighted by atomic mass is 32.2. The molecule has 2 aliphatic rings. The van der Waals surface area contributed by atoms with Crippen LogP contribution in [0.3, 0.4) is 0 Å². The average Bonchev–Trinajstić information content (AvgIpc) is 3.13. The second kappa shape index (κ2) is 14.7. The summed E-state index contributed by atoms with van der Waals surface area (Å²) in [7, 11) is 0. The second-order valence-corrected chi connectivity index (χ2v) is 11.4. The largest absolute Gasteiger partial charge is 0.374 e. The topological polar surface area (TPSA) is 46.2 Å². The van der Waals surface area contributed by atoms with Crippen LogP contribution in [0.1, 0.15) is 22.3 Å². The van der Waals surface area contributed by atoms with E-state index in [9.17, 15) is 0 Å². The summed E-state index contributed by atoms with van der Waals surface area (Å²) in [5, 5.41) is 0. The molecule has 0 radical (unpaired) electrons. The van der Waals surface area contributed by atoms with Crippen molar-refractivity contribution in [2.75, 3.05) is 13.2 Å². The van der Waals surface area contributed by atoms with E-state index in [0.717, 1.165) is 27.1 Å². The van der Waals surface area contributed by atoms with Crippen LogP contribution in [0.2, 0.25) is 0 Å². The number of fused-ring (bicyclic) bond motifs is 2. The van der Waals surface area contributed by atoms with Crippen molar-refractivity contribution in [2.24, 2.45) is 0 Å². The normalized spacial score (nSPS) is 23.3. The number of rotatable bonds is 10. The summed E-state index contributed by atoms with van der Waals surface area (Å²) in [5.41, 5.74) is 3.89. The first-order valence-electron chi connectivity index (χ1n) is 14.3. The van der Waals surface area contributed by atoms with Gasteiger partial charge in [-0.3, -0.25) is 0 Å². The van der Waals surface area contributed by atoms with E-state index < -0.39 is 18.3 Å². The number of hydrogen-bond acceptors (Lipinski definition) is 6. The van der Waals surface area contributed by atoms with E-state index in [1.807, 2.05) is 72.8 Å². The molecule has 1 fully saturated rings. The molecule has 4 aromatic carbocycles. The smallest absolute Gasteiger partial charge is 0.137 e. The lowest BCUT2D eigenvalue weighted by molar-refractivity contribution is -0.250. The van der Waals surface area contributed by atoms with Crippen molar-refractivity contribution in [3.05, 3.63) is 138 Å². The molecule has 0 saturated carbocycles. The Hall–Kier alpha value is -3.41. The highest BCUT2D eigenvalue weighted by Gasteiger charge is 2.49. The summed E-state index contributed by atoms with van der Waals surface area (Å²) in [4.78, 5) is 1.06. The van der Waals surface area contributed by atoms with E-state index in [-0.39, 0.29) is 18.1 Å². The fourth-order valence-corrected chi connectivity index (χ4v) is 6.36. The van der Waals surface area contributed by atoms with Gasteiger partial charge in [0.25, 0.3) is 0 Å². The van der Waals surface area contributed by atoms with Crippen LogP contribution in [0.4, 0.5) is 0 Å². The van der Waals surface area contributed by atoms with Gasteiger partial charge in [0.2, 0.25) is 0 Å². The van der Waals surface area contributed by atoms with Gasteiger partial charge in [0.15, 0.2) is 0 Å². The van der Waals surface area contributed by atoms with Crippen LogP contribution in [0.25, 0.3) is 0 Å². The number of hydrogen-bond donors (Lipinski definition) is 0. The Morgan fingerprint density at radius 2 is 1.24 bits per heavy atom. The van der Waals surface area contributed by atoms with Gasteiger partial charge in [0.1, 0.15) is 36.5 Å². The molecule has 0 unspecified atom stereocenters. The zero-order valence-corrected chi connectivity index (χ0v) is 24.2. The summed E-state index contributed by atoms with van der Waals surface area (Å²) in [6, 6.07) is 38.7. The molecule has 5 nitrogen and oxygen atoms in total. The SMILES string of the molecule is C1#Cc2ccccc2S[C@@H]2O[C@H](COCc3ccccc3)[C@@H](OCc3ccccc3)[C@H](OCc3ccccc3)[C@H]2OC1. The quantitative estimate of drug-likeness (QED) is 0.197. The van der Waals surface area contributed by atoms with Crippen LogP contribution < -0.4 is 0 Å². The first kappa shape index (κ1) is 28.7. The van der Waals surface area contributed by atoms with E-state index in [1.54, 1.807) is 11.8 Å². The monoisotopic (exact) mass is 578 g/mol. The fraction of sp³-hybridized carbons (Fsp3) is 0.278. The van der Waals surface area contributed by atoms with Crippen LogP contribution in [0.5, 0.6) is 0 Å². The van der Waals surface area contributed by atoms with Crippen molar-refractivity contribution in [3.63, 3.8) is 0 Å². The molecule has 0 bridgehead atoms. The molecule has 0 aromatic heterocycles. The molecule has 0 spiro atoms. The molecule has 2 heterocycles. The Kier molecular flexibility index (Phi) is 10.0. The standard InChI is InChI=1S/C36H34O5S/c1-4-13-27(14-5-1)23-37-26-31-33(39-24-28-15-6-2-7-16-28)34(40-25-29-17-8-3-9-18-29)35-36(41-31)42-32-21-11-10-19-30(32)20-12-22-38-35/h1-11,13-19,21,31,33-36H,22-26H2/t31-,33-,34+,35-,36+/m1/s1. The minimum absolute atomic E-state index is 0.269. The first-order valence-corrected chi connectivity index (χ1v) is 15.2. The van der Waals surface area contributed by atoms with Crippen LogP contribution in [-0.4, -0.2) is 43.1 Å². The van der Waals surface area contributed by atoms with Crippen LogP contribution in [-0.2, 0) is 43.5 Å². The Bertz CT molecular complexity index is 1450. The molecule has 0 amide bonds. The van der Waals surface area contributed by atoms with Gasteiger partial charge in [-0.25, -0.2) is 0 Å². The van der Waals surface area contributed by atoms with E-state index in [1.165, 1.54) is 0 Å². The van der Waals surface area contributed by atoms with Gasteiger partial charge in [0, 0.05) is 10.5 Å². The minimum Gasteiger partial charge on any atom is -0.374 e. The molecule has 6 heteroatoms. The lowest BCUT2D eigenvalue weighted by atomic mass is 9.99. The molecule has 2 aliphatic heterocycles. The fourth-order valence-electron chi connectivity index (χ4n) is 5.14. The van der Waals surface area contributed by atoms with Crippen LogP contribution in [0, 0.1) is 11.8 Å². The molecule has 0 N–H and O–H groups in total. The van der Waals surface area contributed by atoms with Crippen molar-refractivity contribution in [1.29, 1.82) is 0 Å². The van der Waals surface area contributed by atoms with Crippen molar-refractivity contribution < 1.29 is 23.7 Å². The molecular formula is C36H34O5S. The average molecular weight is 579 g/mol. The van der Waals surface area contributed by atoms with Crippen LogP contribution in [0.15, 0.2) is 120 Å².